The molecule has 1 aromatic carbocycles. The fourth-order valence-electron chi connectivity index (χ4n) is 2.47. The average Bonchev–Trinajstić information content (AvgIpc) is 3.18. The second kappa shape index (κ2) is 9.11. The van der Waals surface area contributed by atoms with E-state index in [1.54, 1.807) is 6.07 Å². The van der Waals surface area contributed by atoms with Crippen LogP contribution in [0.5, 0.6) is 0 Å². The van der Waals surface area contributed by atoms with Crippen LogP contribution in [-0.4, -0.2) is 47.5 Å². The molecule has 10 heteroatoms. The summed E-state index contributed by atoms with van der Waals surface area (Å²) in [6.07, 6.45) is 1.28. The molecule has 2 amide bonds. The lowest BCUT2D eigenvalue weighted by molar-refractivity contribution is -0.149. The summed E-state index contributed by atoms with van der Waals surface area (Å²) in [5.41, 5.74) is 0.609. The van der Waals surface area contributed by atoms with Crippen LogP contribution in [0.4, 0.5) is 0 Å². The van der Waals surface area contributed by atoms with Gasteiger partial charge in [-0.05, 0) is 11.6 Å². The van der Waals surface area contributed by atoms with Gasteiger partial charge in [0.15, 0.2) is 6.61 Å². The minimum Gasteiger partial charge on any atom is -0.454 e. The van der Waals surface area contributed by atoms with E-state index in [1.807, 2.05) is 30.3 Å². The van der Waals surface area contributed by atoms with Gasteiger partial charge in [-0.25, -0.2) is 4.98 Å². The van der Waals surface area contributed by atoms with Crippen molar-refractivity contribution in [2.24, 2.45) is 0 Å². The number of amides is 2. The maximum Gasteiger partial charge on any atom is 0.326 e. The van der Waals surface area contributed by atoms with Crippen molar-refractivity contribution in [3.8, 4) is 10.4 Å². The Morgan fingerprint density at radius 3 is 2.66 bits per heavy atom. The molecule has 0 fully saturated rings. The summed E-state index contributed by atoms with van der Waals surface area (Å²) in [5, 5.41) is 5.05. The number of likely N-dealkylation sites (N-methyl/N-ethyl adjacent to an activating group) is 1. The zero-order valence-electron chi connectivity index (χ0n) is 15.5. The van der Waals surface area contributed by atoms with Crippen LogP contribution >= 0.6 is 11.3 Å². The Labute approximate surface area is 169 Å². The summed E-state index contributed by atoms with van der Waals surface area (Å²) in [6, 6.07) is 11.4. The summed E-state index contributed by atoms with van der Waals surface area (Å²) < 4.78 is 5.98. The number of hydrogen-bond donors (Lipinski definition) is 2. The van der Waals surface area contributed by atoms with Gasteiger partial charge in [-0.1, -0.05) is 30.3 Å². The van der Waals surface area contributed by atoms with Crippen molar-refractivity contribution in [3.63, 3.8) is 0 Å². The van der Waals surface area contributed by atoms with Crippen LogP contribution in [0.2, 0.25) is 0 Å². The van der Waals surface area contributed by atoms with Gasteiger partial charge in [0.2, 0.25) is 5.91 Å². The number of esters is 1. The first-order chi connectivity index (χ1) is 14.0. The van der Waals surface area contributed by atoms with Crippen LogP contribution < -0.4 is 16.2 Å². The van der Waals surface area contributed by atoms with E-state index >= 15 is 0 Å². The van der Waals surface area contributed by atoms with Gasteiger partial charge in [-0.15, -0.1) is 11.3 Å². The van der Waals surface area contributed by atoms with Crippen molar-refractivity contribution < 1.29 is 19.1 Å². The van der Waals surface area contributed by atoms with E-state index in [0.29, 0.717) is 10.2 Å². The second-order valence-corrected chi connectivity index (χ2v) is 7.01. The molecule has 0 aliphatic carbocycles. The molecule has 150 valence electrons. The van der Waals surface area contributed by atoms with E-state index in [4.69, 9.17) is 4.74 Å². The predicted octanol–water partition coefficient (Wildman–Crippen LogP) is 0.530. The highest BCUT2D eigenvalue weighted by atomic mass is 32.1. The number of fused-ring (bicyclic) bond motifs is 1. The van der Waals surface area contributed by atoms with Gasteiger partial charge in [0.25, 0.3) is 11.5 Å². The first-order valence-electron chi connectivity index (χ1n) is 8.65. The van der Waals surface area contributed by atoms with Crippen LogP contribution in [0.25, 0.3) is 20.7 Å². The zero-order valence-corrected chi connectivity index (χ0v) is 16.3. The van der Waals surface area contributed by atoms with Crippen molar-refractivity contribution in [3.05, 3.63) is 53.1 Å². The summed E-state index contributed by atoms with van der Waals surface area (Å²) in [4.78, 5) is 52.9. The van der Waals surface area contributed by atoms with Gasteiger partial charge >= 0.3 is 5.97 Å². The number of carbonyl (C=O) groups is 3. The quantitative estimate of drug-likeness (QED) is 0.545. The van der Waals surface area contributed by atoms with Gasteiger partial charge in [0.1, 0.15) is 11.4 Å². The first kappa shape index (κ1) is 20.2. The smallest absolute Gasteiger partial charge is 0.326 e. The zero-order chi connectivity index (χ0) is 20.8. The van der Waals surface area contributed by atoms with E-state index in [2.05, 4.69) is 15.6 Å². The highest BCUT2D eigenvalue weighted by molar-refractivity contribution is 7.21. The fourth-order valence-corrected chi connectivity index (χ4v) is 3.46. The monoisotopic (exact) mass is 414 g/mol. The Morgan fingerprint density at radius 2 is 1.93 bits per heavy atom. The molecule has 0 aliphatic heterocycles. The van der Waals surface area contributed by atoms with Gasteiger partial charge in [-0.3, -0.25) is 23.7 Å². The number of nitrogens with zero attached hydrogens (tertiary/aromatic N) is 2. The number of thiophene rings is 1. The third kappa shape index (κ3) is 5.05. The second-order valence-electron chi connectivity index (χ2n) is 5.98. The molecule has 0 atom stereocenters. The minimum atomic E-state index is -0.762. The molecule has 9 nitrogen and oxygen atoms in total. The molecule has 0 spiro atoms. The lowest BCUT2D eigenvalue weighted by Crippen LogP contribution is -2.37. The van der Waals surface area contributed by atoms with Crippen molar-refractivity contribution in [1.29, 1.82) is 0 Å². The topological polar surface area (TPSA) is 119 Å². The average molecular weight is 414 g/mol. The van der Waals surface area contributed by atoms with Gasteiger partial charge in [0.05, 0.1) is 18.3 Å². The lowest BCUT2D eigenvalue weighted by Gasteiger charge is -2.07. The van der Waals surface area contributed by atoms with E-state index in [0.717, 1.165) is 15.0 Å². The molecule has 0 unspecified atom stereocenters. The third-order valence-corrected chi connectivity index (χ3v) is 5.06. The number of carbonyl (C=O) groups excluding carboxylic acids is 3. The fraction of sp³-hybridized carbons (Fsp3) is 0.211. The molecule has 3 aromatic rings. The van der Waals surface area contributed by atoms with Crippen LogP contribution in [0.15, 0.2) is 47.5 Å². The third-order valence-electron chi connectivity index (χ3n) is 3.97. The number of ether oxygens (including phenoxy) is 1. The first-order valence-corrected chi connectivity index (χ1v) is 9.47. The maximum atomic E-state index is 12.7. The Kier molecular flexibility index (Phi) is 6.35. The number of rotatable bonds is 7. The molecule has 0 saturated heterocycles. The molecule has 29 heavy (non-hydrogen) atoms. The van der Waals surface area contributed by atoms with E-state index < -0.39 is 18.5 Å². The summed E-state index contributed by atoms with van der Waals surface area (Å²) in [6.45, 7) is -1.13. The molecule has 2 heterocycles. The van der Waals surface area contributed by atoms with E-state index in [-0.39, 0.29) is 24.6 Å². The normalized spacial score (nSPS) is 10.5. The lowest BCUT2D eigenvalue weighted by atomic mass is 10.2. The highest BCUT2D eigenvalue weighted by Gasteiger charge is 2.14. The highest BCUT2D eigenvalue weighted by Crippen LogP contribution is 2.30. The van der Waals surface area contributed by atoms with Crippen LogP contribution in [0.3, 0.4) is 0 Å². The Hall–Kier alpha value is -3.53. The number of nitrogens with one attached hydrogen (secondary N) is 2. The molecule has 0 saturated carbocycles. The van der Waals surface area contributed by atoms with Crippen molar-refractivity contribution in [1.82, 2.24) is 20.2 Å². The maximum absolute atomic E-state index is 12.7. The van der Waals surface area contributed by atoms with Crippen molar-refractivity contribution >= 4 is 39.3 Å². The van der Waals surface area contributed by atoms with Crippen molar-refractivity contribution in [2.45, 2.75) is 6.54 Å². The van der Waals surface area contributed by atoms with Crippen LogP contribution in [-0.2, 0) is 25.7 Å². The van der Waals surface area contributed by atoms with E-state index in [9.17, 15) is 19.2 Å². The van der Waals surface area contributed by atoms with Gasteiger partial charge in [0, 0.05) is 11.9 Å². The molecule has 0 aliphatic rings. The molecule has 0 bridgehead atoms. The number of aromatic nitrogens is 2. The Morgan fingerprint density at radius 1 is 1.17 bits per heavy atom. The molecule has 3 rings (SSSR count). The number of hydrogen-bond acceptors (Lipinski definition) is 7. The van der Waals surface area contributed by atoms with Crippen LogP contribution in [0.1, 0.15) is 0 Å². The van der Waals surface area contributed by atoms with Gasteiger partial charge < -0.3 is 15.4 Å². The molecular weight excluding hydrogens is 396 g/mol. The summed E-state index contributed by atoms with van der Waals surface area (Å²) in [5.74, 6) is -1.75. The van der Waals surface area contributed by atoms with Crippen LogP contribution in [0, 0.1) is 0 Å². The molecule has 2 N–H and O–H groups in total. The van der Waals surface area contributed by atoms with Crippen molar-refractivity contribution in [2.75, 3.05) is 20.2 Å². The van der Waals surface area contributed by atoms with Gasteiger partial charge in [-0.2, -0.15) is 0 Å². The summed E-state index contributed by atoms with van der Waals surface area (Å²) in [7, 11) is 1.44. The molecular formula is C19H18N4O5S. The molecule has 2 aromatic heterocycles. The Bertz CT molecular complexity index is 1110. The standard InChI is InChI=1S/C19H18N4O5S/c1-20-15(24)8-21-16(25)10-28-17(26)9-23-11-22-18-13(19(23)27)7-14(29-18)12-5-3-2-4-6-12/h2-7,11H,8-10H2,1H3,(H,20,24)(H,21,25). The molecule has 0 radical (unpaired) electrons. The number of benzene rings is 1. The predicted molar refractivity (Wildman–Crippen MR) is 107 cm³/mol. The minimum absolute atomic E-state index is 0.213. The Balaban J connectivity index is 1.65. The van der Waals surface area contributed by atoms with E-state index in [1.165, 1.54) is 24.7 Å². The SMILES string of the molecule is CNC(=O)CNC(=O)COC(=O)Cn1cnc2sc(-c3ccccc3)cc2c1=O. The largest absolute Gasteiger partial charge is 0.454 e. The summed E-state index contributed by atoms with van der Waals surface area (Å²) >= 11 is 1.39.